The lowest BCUT2D eigenvalue weighted by Gasteiger charge is -2.33. The molecule has 0 radical (unpaired) electrons. The van der Waals surface area contributed by atoms with E-state index in [-0.39, 0.29) is 23.8 Å². The van der Waals surface area contributed by atoms with Crippen molar-refractivity contribution in [2.24, 2.45) is 5.92 Å². The van der Waals surface area contributed by atoms with E-state index in [1.165, 1.54) is 0 Å². The summed E-state index contributed by atoms with van der Waals surface area (Å²) in [6.45, 7) is 5.24. The Labute approximate surface area is 156 Å². The van der Waals surface area contributed by atoms with Gasteiger partial charge in [0.25, 0.3) is 0 Å². The smallest absolute Gasteiger partial charge is 0.227 e. The molecule has 1 N–H and O–H groups in total. The summed E-state index contributed by atoms with van der Waals surface area (Å²) in [5, 5.41) is 10.9. The molecular weight excluding hydrogens is 352 g/mol. The van der Waals surface area contributed by atoms with Gasteiger partial charge < -0.3 is 14.7 Å². The van der Waals surface area contributed by atoms with Crippen LogP contribution in [0.1, 0.15) is 39.0 Å². The van der Waals surface area contributed by atoms with Crippen molar-refractivity contribution in [1.29, 1.82) is 0 Å². The summed E-state index contributed by atoms with van der Waals surface area (Å²) in [7, 11) is 0. The number of nitrogens with one attached hydrogen (secondary N) is 1. The molecule has 8 heteroatoms. The number of nitrogens with zero attached hydrogens (tertiary/aromatic N) is 3. The molecule has 3 rings (SSSR count). The third kappa shape index (κ3) is 4.69. The van der Waals surface area contributed by atoms with Gasteiger partial charge in [0.1, 0.15) is 0 Å². The van der Waals surface area contributed by atoms with Crippen LogP contribution in [0.5, 0.6) is 0 Å². The SMILES string of the molecule is CC(C)C(=O)N1CCC(NC(=O)CCc2nc(-c3ccsc3)no2)CC1. The van der Waals surface area contributed by atoms with E-state index < -0.39 is 0 Å². The van der Waals surface area contributed by atoms with Crippen molar-refractivity contribution >= 4 is 23.2 Å². The number of likely N-dealkylation sites (tertiary alicyclic amines) is 1. The molecule has 0 aliphatic carbocycles. The first kappa shape index (κ1) is 18.6. The van der Waals surface area contributed by atoms with Crippen LogP contribution in [-0.2, 0) is 16.0 Å². The molecule has 2 amide bonds. The molecule has 2 aromatic heterocycles. The molecule has 0 spiro atoms. The molecule has 1 aliphatic heterocycles. The number of piperidine rings is 1. The zero-order valence-corrected chi connectivity index (χ0v) is 15.9. The van der Waals surface area contributed by atoms with Crippen molar-refractivity contribution in [2.75, 3.05) is 13.1 Å². The third-order valence-electron chi connectivity index (χ3n) is 4.48. The maximum atomic E-state index is 12.2. The highest BCUT2D eigenvalue weighted by atomic mass is 32.1. The van der Waals surface area contributed by atoms with Crippen LogP contribution < -0.4 is 5.32 Å². The fourth-order valence-corrected chi connectivity index (χ4v) is 3.63. The second-order valence-corrected chi connectivity index (χ2v) is 7.63. The monoisotopic (exact) mass is 376 g/mol. The summed E-state index contributed by atoms with van der Waals surface area (Å²) in [6.07, 6.45) is 2.34. The Balaban J connectivity index is 1.40. The second kappa shape index (κ2) is 8.44. The fourth-order valence-electron chi connectivity index (χ4n) is 3.00. The van der Waals surface area contributed by atoms with Gasteiger partial charge in [-0.15, -0.1) is 0 Å². The van der Waals surface area contributed by atoms with E-state index in [2.05, 4.69) is 15.5 Å². The first-order chi connectivity index (χ1) is 12.5. The number of hydrogen-bond acceptors (Lipinski definition) is 6. The lowest BCUT2D eigenvalue weighted by molar-refractivity contribution is -0.135. The maximum absolute atomic E-state index is 12.2. The Hall–Kier alpha value is -2.22. The number of amides is 2. The van der Waals surface area contributed by atoms with E-state index in [0.29, 0.717) is 37.6 Å². The van der Waals surface area contributed by atoms with Crippen molar-refractivity contribution in [3.8, 4) is 11.4 Å². The van der Waals surface area contributed by atoms with E-state index in [9.17, 15) is 9.59 Å². The Kier molecular flexibility index (Phi) is 6.03. The van der Waals surface area contributed by atoms with Gasteiger partial charge in [-0.1, -0.05) is 19.0 Å². The lowest BCUT2D eigenvalue weighted by Crippen LogP contribution is -2.47. The van der Waals surface area contributed by atoms with Gasteiger partial charge in [-0.2, -0.15) is 16.3 Å². The average molecular weight is 376 g/mol. The minimum absolute atomic E-state index is 0.0195. The van der Waals surface area contributed by atoms with Gasteiger partial charge in [-0.25, -0.2) is 0 Å². The van der Waals surface area contributed by atoms with E-state index in [1.807, 2.05) is 35.6 Å². The number of rotatable bonds is 6. The summed E-state index contributed by atoms with van der Waals surface area (Å²) in [4.78, 5) is 30.4. The molecule has 1 fully saturated rings. The van der Waals surface area contributed by atoms with Crippen LogP contribution in [0, 0.1) is 5.92 Å². The molecule has 2 aromatic rings. The van der Waals surface area contributed by atoms with Crippen LogP contribution in [-0.4, -0.2) is 46.0 Å². The van der Waals surface area contributed by atoms with E-state index in [1.54, 1.807) is 11.3 Å². The van der Waals surface area contributed by atoms with E-state index in [4.69, 9.17) is 4.52 Å². The Morgan fingerprint density at radius 3 is 2.81 bits per heavy atom. The van der Waals surface area contributed by atoms with Gasteiger partial charge in [-0.3, -0.25) is 9.59 Å². The number of aromatic nitrogens is 2. The number of carbonyl (C=O) groups is 2. The molecule has 7 nitrogen and oxygen atoms in total. The molecule has 0 aromatic carbocycles. The molecular formula is C18H24N4O3S. The quantitative estimate of drug-likeness (QED) is 0.837. The number of hydrogen-bond donors (Lipinski definition) is 1. The van der Waals surface area contributed by atoms with E-state index >= 15 is 0 Å². The number of thiophene rings is 1. The fraction of sp³-hybridized carbons (Fsp3) is 0.556. The molecule has 1 saturated heterocycles. The standard InChI is InChI=1S/C18H24N4O3S/c1-12(2)18(24)22-8-5-14(6-9-22)19-15(23)3-4-16-20-17(21-25-16)13-7-10-26-11-13/h7,10-12,14H,3-6,8-9H2,1-2H3,(H,19,23). The predicted molar refractivity (Wildman–Crippen MR) is 98.5 cm³/mol. The maximum Gasteiger partial charge on any atom is 0.227 e. The summed E-state index contributed by atoms with van der Waals surface area (Å²) in [5.74, 6) is 1.22. The topological polar surface area (TPSA) is 88.3 Å². The van der Waals surface area contributed by atoms with Crippen molar-refractivity contribution in [3.05, 3.63) is 22.7 Å². The van der Waals surface area contributed by atoms with Gasteiger partial charge in [0.2, 0.25) is 23.5 Å². The van der Waals surface area contributed by atoms with Gasteiger partial charge in [0, 0.05) is 48.8 Å². The van der Waals surface area contributed by atoms with Crippen molar-refractivity contribution < 1.29 is 14.1 Å². The van der Waals surface area contributed by atoms with Crippen molar-refractivity contribution in [3.63, 3.8) is 0 Å². The molecule has 1 aliphatic rings. The highest BCUT2D eigenvalue weighted by Gasteiger charge is 2.25. The summed E-state index contributed by atoms with van der Waals surface area (Å²) >= 11 is 1.57. The molecule has 0 atom stereocenters. The normalized spacial score (nSPS) is 15.4. The number of carbonyl (C=O) groups excluding carboxylic acids is 2. The van der Waals surface area contributed by atoms with Gasteiger partial charge >= 0.3 is 0 Å². The zero-order chi connectivity index (χ0) is 18.5. The van der Waals surface area contributed by atoms with Crippen molar-refractivity contribution in [2.45, 2.75) is 45.6 Å². The molecule has 3 heterocycles. The van der Waals surface area contributed by atoms with Crippen LogP contribution in [0.3, 0.4) is 0 Å². The van der Waals surface area contributed by atoms with Crippen LogP contribution in [0.2, 0.25) is 0 Å². The van der Waals surface area contributed by atoms with Crippen LogP contribution in [0.15, 0.2) is 21.3 Å². The van der Waals surface area contributed by atoms with Crippen LogP contribution in [0.25, 0.3) is 11.4 Å². The molecule has 0 bridgehead atoms. The first-order valence-corrected chi connectivity index (χ1v) is 9.90. The molecule has 26 heavy (non-hydrogen) atoms. The van der Waals surface area contributed by atoms with Crippen LogP contribution in [0.4, 0.5) is 0 Å². The molecule has 0 unspecified atom stereocenters. The van der Waals surface area contributed by atoms with Gasteiger partial charge in [0.05, 0.1) is 0 Å². The Morgan fingerprint density at radius 2 is 2.15 bits per heavy atom. The highest BCUT2D eigenvalue weighted by molar-refractivity contribution is 7.08. The summed E-state index contributed by atoms with van der Waals surface area (Å²) in [5.41, 5.74) is 0.928. The Morgan fingerprint density at radius 1 is 1.38 bits per heavy atom. The van der Waals surface area contributed by atoms with Crippen molar-refractivity contribution in [1.82, 2.24) is 20.4 Å². The minimum Gasteiger partial charge on any atom is -0.353 e. The zero-order valence-electron chi connectivity index (χ0n) is 15.1. The second-order valence-electron chi connectivity index (χ2n) is 6.85. The van der Waals surface area contributed by atoms with Crippen LogP contribution >= 0.6 is 11.3 Å². The van der Waals surface area contributed by atoms with E-state index in [0.717, 1.165) is 18.4 Å². The summed E-state index contributed by atoms with van der Waals surface area (Å²) < 4.78 is 5.21. The van der Waals surface area contributed by atoms with Gasteiger partial charge in [-0.05, 0) is 24.3 Å². The minimum atomic E-state index is -0.0195. The lowest BCUT2D eigenvalue weighted by atomic mass is 10.0. The number of aryl methyl sites for hydroxylation is 1. The molecule has 140 valence electrons. The predicted octanol–water partition coefficient (Wildman–Crippen LogP) is 2.49. The Bertz CT molecular complexity index is 733. The average Bonchev–Trinajstić information content (AvgIpc) is 3.31. The third-order valence-corrected chi connectivity index (χ3v) is 5.16. The highest BCUT2D eigenvalue weighted by Crippen LogP contribution is 2.19. The largest absolute Gasteiger partial charge is 0.353 e. The summed E-state index contributed by atoms with van der Waals surface area (Å²) in [6, 6.07) is 2.06. The van der Waals surface area contributed by atoms with Gasteiger partial charge in [0.15, 0.2) is 0 Å². The first-order valence-electron chi connectivity index (χ1n) is 8.96. The molecule has 0 saturated carbocycles.